The van der Waals surface area contributed by atoms with Crippen LogP contribution in [0.15, 0.2) is 157 Å². The highest BCUT2D eigenvalue weighted by atomic mass is 15.2. The van der Waals surface area contributed by atoms with Crippen LogP contribution in [0.1, 0.15) is 106 Å². The summed E-state index contributed by atoms with van der Waals surface area (Å²) in [5, 5.41) is 0. The molecule has 0 saturated heterocycles. The van der Waals surface area contributed by atoms with Gasteiger partial charge in [-0.1, -0.05) is 180 Å². The van der Waals surface area contributed by atoms with Crippen LogP contribution in [0, 0.1) is 17.3 Å². The molecule has 2 heterocycles. The van der Waals surface area contributed by atoms with Crippen LogP contribution in [0.25, 0.3) is 0 Å². The van der Waals surface area contributed by atoms with Gasteiger partial charge < -0.3 is 14.7 Å². The Morgan fingerprint density at radius 2 is 1.03 bits per heavy atom. The third-order valence-electron chi connectivity index (χ3n) is 13.4. The van der Waals surface area contributed by atoms with Crippen molar-refractivity contribution < 1.29 is 0 Å². The van der Waals surface area contributed by atoms with Crippen LogP contribution >= 0.6 is 0 Å². The summed E-state index contributed by atoms with van der Waals surface area (Å²) in [7, 11) is 0. The lowest BCUT2D eigenvalue weighted by atomic mass is 9.33. The van der Waals surface area contributed by atoms with Crippen molar-refractivity contribution in [3.05, 3.63) is 174 Å². The van der Waals surface area contributed by atoms with Crippen LogP contribution in [0.4, 0.5) is 45.5 Å². The quantitative estimate of drug-likeness (QED) is 0.126. The molecule has 2 aliphatic heterocycles. The maximum Gasteiger partial charge on any atom is 0.252 e. The molecular formula is C60H64BN3. The second kappa shape index (κ2) is 15.8. The van der Waals surface area contributed by atoms with Crippen molar-refractivity contribution >= 4 is 68.6 Å². The van der Waals surface area contributed by atoms with Gasteiger partial charge in [0.15, 0.2) is 0 Å². The van der Waals surface area contributed by atoms with E-state index in [2.05, 4.69) is 261 Å². The lowest BCUT2D eigenvalue weighted by molar-refractivity contribution is 0.515. The Kier molecular flexibility index (Phi) is 10.6. The molecule has 0 saturated carbocycles. The molecule has 322 valence electrons. The van der Waals surface area contributed by atoms with Gasteiger partial charge in [-0.15, -0.1) is 0 Å². The molecule has 4 heteroatoms. The Morgan fingerprint density at radius 3 is 1.58 bits per heavy atom. The number of fused-ring (bicyclic) bond motifs is 4. The highest BCUT2D eigenvalue weighted by Gasteiger charge is 2.45. The van der Waals surface area contributed by atoms with Gasteiger partial charge in [0.2, 0.25) is 0 Å². The molecule has 0 amide bonds. The van der Waals surface area contributed by atoms with Crippen LogP contribution in [-0.2, 0) is 16.2 Å². The van der Waals surface area contributed by atoms with Gasteiger partial charge in [-0.05, 0) is 127 Å². The zero-order valence-electron chi connectivity index (χ0n) is 40.1. The summed E-state index contributed by atoms with van der Waals surface area (Å²) in [6.07, 6.45) is 7.73. The number of para-hydroxylation sites is 2. The van der Waals surface area contributed by atoms with E-state index in [1.807, 2.05) is 0 Å². The monoisotopic (exact) mass is 838 g/mol. The van der Waals surface area contributed by atoms with Crippen molar-refractivity contribution in [2.75, 3.05) is 14.7 Å². The molecule has 0 spiro atoms. The Balaban J connectivity index is 1.42. The molecule has 1 atom stereocenters. The predicted octanol–water partition coefficient (Wildman–Crippen LogP) is 14.1. The minimum atomic E-state index is -0.214. The second-order valence-electron chi connectivity index (χ2n) is 22.1. The zero-order chi connectivity index (χ0) is 45.3. The van der Waals surface area contributed by atoms with Crippen LogP contribution in [0.5, 0.6) is 0 Å². The summed E-state index contributed by atoms with van der Waals surface area (Å²) in [5.74, 6) is 7.43. The zero-order valence-corrected chi connectivity index (χ0v) is 40.1. The molecule has 9 rings (SSSR count). The average Bonchev–Trinajstić information content (AvgIpc) is 3.23. The summed E-state index contributed by atoms with van der Waals surface area (Å²) in [5.41, 5.74) is 18.4. The molecule has 0 aromatic heterocycles. The Morgan fingerprint density at radius 1 is 0.516 bits per heavy atom. The summed E-state index contributed by atoms with van der Waals surface area (Å²) in [4.78, 5) is 7.54. The standard InChI is InChI=1S/C60H64BN3/c1-57(2,3)41-21-19-20-26-47(32-27-41)63-52-35-30-43(59(7,8)9)37-50(52)61-51-38-44(60(10,11)12)31-36-53(51)64(48-33-28-42(29-34-48)58(4,5)6)55-40-49(39-54(63)56(55)61)62(45-22-15-13-16-23-45)46-24-17-14-18-25-46/h13-18,21-25,27-40,47H,19H2,1-12H3/b32-27-,41-21+. The predicted molar refractivity (Wildman–Crippen MR) is 278 cm³/mol. The summed E-state index contributed by atoms with van der Waals surface area (Å²) < 4.78 is 0. The molecule has 6 aromatic rings. The molecule has 0 fully saturated rings. The van der Waals surface area contributed by atoms with E-state index in [4.69, 9.17) is 0 Å². The number of hydrogen-bond acceptors (Lipinski definition) is 3. The number of hydrogen-bond donors (Lipinski definition) is 0. The molecule has 3 nitrogen and oxygen atoms in total. The van der Waals surface area contributed by atoms with E-state index in [0.717, 1.165) is 29.2 Å². The van der Waals surface area contributed by atoms with Crippen LogP contribution in [0.2, 0.25) is 0 Å². The van der Waals surface area contributed by atoms with Gasteiger partial charge in [-0.2, -0.15) is 0 Å². The van der Waals surface area contributed by atoms with Gasteiger partial charge in [0.25, 0.3) is 6.71 Å². The number of nitrogens with zero attached hydrogens (tertiary/aromatic N) is 3. The molecule has 0 bridgehead atoms. The average molecular weight is 838 g/mol. The number of allylic oxidation sites excluding steroid dienone is 3. The number of benzene rings is 6. The Hall–Kier alpha value is -6.18. The Labute approximate surface area is 384 Å². The molecule has 0 radical (unpaired) electrons. The summed E-state index contributed by atoms with van der Waals surface area (Å²) in [6.45, 7) is 27.8. The lowest BCUT2D eigenvalue weighted by Crippen LogP contribution is -2.63. The fraction of sp³-hybridized carbons (Fsp3) is 0.300. The van der Waals surface area contributed by atoms with Crippen LogP contribution in [-0.4, -0.2) is 12.8 Å². The highest BCUT2D eigenvalue weighted by molar-refractivity contribution is 7.00. The van der Waals surface area contributed by atoms with Crippen molar-refractivity contribution in [3.8, 4) is 11.8 Å². The van der Waals surface area contributed by atoms with Gasteiger partial charge >= 0.3 is 0 Å². The fourth-order valence-corrected chi connectivity index (χ4v) is 9.72. The van der Waals surface area contributed by atoms with E-state index in [-0.39, 0.29) is 34.4 Å². The van der Waals surface area contributed by atoms with E-state index in [0.29, 0.717) is 0 Å². The number of rotatable bonds is 5. The minimum Gasteiger partial charge on any atom is -0.324 e. The topological polar surface area (TPSA) is 9.72 Å². The first-order chi connectivity index (χ1) is 30.3. The highest BCUT2D eigenvalue weighted by Crippen LogP contribution is 2.48. The summed E-state index contributed by atoms with van der Waals surface area (Å²) in [6, 6.07) is 50.2. The van der Waals surface area contributed by atoms with E-state index >= 15 is 0 Å². The van der Waals surface area contributed by atoms with Crippen molar-refractivity contribution in [1.82, 2.24) is 0 Å². The van der Waals surface area contributed by atoms with E-state index in [9.17, 15) is 0 Å². The van der Waals surface area contributed by atoms with Crippen molar-refractivity contribution in [1.29, 1.82) is 0 Å². The lowest BCUT2D eigenvalue weighted by Gasteiger charge is -2.46. The minimum absolute atomic E-state index is 0.00492. The molecule has 64 heavy (non-hydrogen) atoms. The second-order valence-corrected chi connectivity index (χ2v) is 22.1. The normalized spacial score (nSPS) is 17.2. The van der Waals surface area contributed by atoms with Gasteiger partial charge in [0, 0.05) is 46.2 Å². The Bertz CT molecular complexity index is 2810. The number of anilines is 8. The SMILES string of the molecule is CC(C)(C)C1=C/CC#CC(N2c3ccc(C(C)(C)C)cc3B3c4cc(C(C)(C)C)ccc4N(c4ccc(C(C)(C)C)cc4)c4cc(N(c5ccccc5)c5ccccc5)cc2c43)/C=C\1. The van der Waals surface area contributed by atoms with Gasteiger partial charge in [-0.25, -0.2) is 0 Å². The first-order valence-corrected chi connectivity index (χ1v) is 23.2. The van der Waals surface area contributed by atoms with Gasteiger partial charge in [0.1, 0.15) is 6.04 Å². The third-order valence-corrected chi connectivity index (χ3v) is 13.4. The van der Waals surface area contributed by atoms with Crippen LogP contribution in [0.3, 0.4) is 0 Å². The van der Waals surface area contributed by atoms with Crippen LogP contribution < -0.4 is 31.1 Å². The molecular weight excluding hydrogens is 773 g/mol. The largest absolute Gasteiger partial charge is 0.324 e. The molecule has 1 unspecified atom stereocenters. The van der Waals surface area contributed by atoms with Crippen molar-refractivity contribution in [3.63, 3.8) is 0 Å². The van der Waals surface area contributed by atoms with E-state index in [1.54, 1.807) is 0 Å². The molecule has 3 aliphatic rings. The maximum absolute atomic E-state index is 3.80. The van der Waals surface area contributed by atoms with Gasteiger partial charge in [-0.3, -0.25) is 0 Å². The van der Waals surface area contributed by atoms with E-state index < -0.39 is 0 Å². The van der Waals surface area contributed by atoms with Gasteiger partial charge in [0.05, 0.1) is 5.69 Å². The molecule has 6 aromatic carbocycles. The molecule has 1 aliphatic carbocycles. The first-order valence-electron chi connectivity index (χ1n) is 23.2. The van der Waals surface area contributed by atoms with Crippen molar-refractivity contribution in [2.45, 2.75) is 112 Å². The summed E-state index contributed by atoms with van der Waals surface area (Å²) >= 11 is 0. The third kappa shape index (κ3) is 7.89. The first kappa shape index (κ1) is 43.1. The fourth-order valence-electron chi connectivity index (χ4n) is 9.72. The maximum atomic E-state index is 3.80. The molecule has 0 N–H and O–H groups in total. The van der Waals surface area contributed by atoms with Crippen molar-refractivity contribution in [2.24, 2.45) is 5.41 Å². The smallest absolute Gasteiger partial charge is 0.252 e. The van der Waals surface area contributed by atoms with E-state index in [1.165, 1.54) is 61.4 Å².